The van der Waals surface area contributed by atoms with Gasteiger partial charge in [0, 0.05) is 32.7 Å². The first-order chi connectivity index (χ1) is 12.1. The third-order valence-electron chi connectivity index (χ3n) is 5.44. The monoisotopic (exact) mass is 388 g/mol. The van der Waals surface area contributed by atoms with E-state index in [1.165, 1.54) is 6.07 Å². The third kappa shape index (κ3) is 3.78. The van der Waals surface area contributed by atoms with Crippen molar-refractivity contribution >= 4 is 18.3 Å². The highest BCUT2D eigenvalue weighted by Gasteiger charge is 2.43. The second-order valence-corrected chi connectivity index (χ2v) is 6.98. The standard InChI is InChI=1S/C17H22F2N4O2.ClH/c18-17(19)25-13-3-1-2-10(4-13)15-14(7-21-22-15)16(24)23-8-11-5-20-6-12(11)9-23;/h1-4,11-12,14-15,17,20-22H,5-9H2;1H/t11-,12+,14?,15?;. The fourth-order valence-electron chi connectivity index (χ4n) is 4.20. The molecular formula is C17H23ClF2N4O2. The number of amides is 1. The van der Waals surface area contributed by atoms with Crippen LogP contribution in [0.15, 0.2) is 24.3 Å². The lowest BCUT2D eigenvalue weighted by Gasteiger charge is -2.25. The van der Waals surface area contributed by atoms with Crippen LogP contribution in [0, 0.1) is 17.8 Å². The van der Waals surface area contributed by atoms with Crippen LogP contribution in [0.1, 0.15) is 11.6 Å². The Labute approximate surface area is 157 Å². The zero-order valence-corrected chi connectivity index (χ0v) is 15.0. The minimum Gasteiger partial charge on any atom is -0.435 e. The van der Waals surface area contributed by atoms with Crippen LogP contribution in [0.2, 0.25) is 0 Å². The number of halogens is 3. The molecule has 3 aliphatic rings. The van der Waals surface area contributed by atoms with E-state index in [0.717, 1.165) is 31.7 Å². The number of hydrogen-bond donors (Lipinski definition) is 3. The molecule has 26 heavy (non-hydrogen) atoms. The van der Waals surface area contributed by atoms with Gasteiger partial charge in [-0.25, -0.2) is 5.43 Å². The van der Waals surface area contributed by atoms with Crippen molar-refractivity contribution in [2.45, 2.75) is 12.7 Å². The van der Waals surface area contributed by atoms with Gasteiger partial charge in [-0.2, -0.15) is 8.78 Å². The van der Waals surface area contributed by atoms with E-state index in [1.54, 1.807) is 12.1 Å². The van der Waals surface area contributed by atoms with Crippen molar-refractivity contribution < 1.29 is 18.3 Å². The lowest BCUT2D eigenvalue weighted by Crippen LogP contribution is -2.39. The Morgan fingerprint density at radius 3 is 2.62 bits per heavy atom. The first-order valence-corrected chi connectivity index (χ1v) is 8.64. The number of fused-ring (bicyclic) bond motifs is 1. The number of likely N-dealkylation sites (tertiary alicyclic amines) is 1. The van der Waals surface area contributed by atoms with Gasteiger partial charge in [0.2, 0.25) is 5.91 Å². The van der Waals surface area contributed by atoms with Gasteiger partial charge in [-0.3, -0.25) is 10.2 Å². The van der Waals surface area contributed by atoms with Gasteiger partial charge in [0.1, 0.15) is 5.75 Å². The molecule has 9 heteroatoms. The molecule has 0 spiro atoms. The number of rotatable bonds is 4. The molecule has 6 nitrogen and oxygen atoms in total. The summed E-state index contributed by atoms with van der Waals surface area (Å²) in [5, 5.41) is 3.37. The van der Waals surface area contributed by atoms with E-state index in [1.807, 2.05) is 11.0 Å². The van der Waals surface area contributed by atoms with Crippen LogP contribution < -0.4 is 20.9 Å². The van der Waals surface area contributed by atoms with Gasteiger partial charge < -0.3 is 15.0 Å². The average Bonchev–Trinajstić information content (AvgIpc) is 3.29. The molecule has 2 unspecified atom stereocenters. The lowest BCUT2D eigenvalue weighted by atomic mass is 9.93. The van der Waals surface area contributed by atoms with E-state index < -0.39 is 6.61 Å². The summed E-state index contributed by atoms with van der Waals surface area (Å²) in [6, 6.07) is 6.29. The second-order valence-electron chi connectivity index (χ2n) is 6.98. The molecular weight excluding hydrogens is 366 g/mol. The first-order valence-electron chi connectivity index (χ1n) is 8.64. The predicted octanol–water partition coefficient (Wildman–Crippen LogP) is 1.15. The van der Waals surface area contributed by atoms with Gasteiger partial charge in [-0.15, -0.1) is 12.4 Å². The summed E-state index contributed by atoms with van der Waals surface area (Å²) in [5.74, 6) is 1.07. The Morgan fingerprint density at radius 2 is 1.92 bits per heavy atom. The molecule has 0 aliphatic carbocycles. The predicted molar refractivity (Wildman–Crippen MR) is 94.1 cm³/mol. The van der Waals surface area contributed by atoms with E-state index in [-0.39, 0.29) is 36.0 Å². The number of alkyl halides is 2. The molecule has 0 saturated carbocycles. The Balaban J connectivity index is 0.00000196. The number of hydrazine groups is 1. The van der Waals surface area contributed by atoms with Crippen LogP contribution in [-0.4, -0.2) is 50.1 Å². The SMILES string of the molecule is Cl.O=C(C1CNNC1c1cccc(OC(F)F)c1)N1C[C@H]2CNC[C@H]2C1. The maximum atomic E-state index is 13.0. The molecule has 0 bridgehead atoms. The molecule has 1 amide bonds. The van der Waals surface area contributed by atoms with Crippen molar-refractivity contribution in [3.05, 3.63) is 29.8 Å². The summed E-state index contributed by atoms with van der Waals surface area (Å²) >= 11 is 0. The van der Waals surface area contributed by atoms with Gasteiger partial charge >= 0.3 is 6.61 Å². The van der Waals surface area contributed by atoms with Crippen molar-refractivity contribution in [1.29, 1.82) is 0 Å². The van der Waals surface area contributed by atoms with E-state index in [2.05, 4.69) is 20.9 Å². The highest BCUT2D eigenvalue weighted by Crippen LogP contribution is 2.32. The molecule has 1 aromatic rings. The minimum absolute atomic E-state index is 0. The Bertz CT molecular complexity index is 639. The highest BCUT2D eigenvalue weighted by atomic mass is 35.5. The van der Waals surface area contributed by atoms with Crippen LogP contribution in [0.25, 0.3) is 0 Å². The van der Waals surface area contributed by atoms with Crippen molar-refractivity contribution in [3.63, 3.8) is 0 Å². The Morgan fingerprint density at radius 1 is 1.19 bits per heavy atom. The van der Waals surface area contributed by atoms with E-state index in [0.29, 0.717) is 18.4 Å². The summed E-state index contributed by atoms with van der Waals surface area (Å²) in [6.07, 6.45) is 0. The number of nitrogens with one attached hydrogen (secondary N) is 3. The smallest absolute Gasteiger partial charge is 0.387 e. The molecule has 3 saturated heterocycles. The summed E-state index contributed by atoms with van der Waals surface area (Å²) in [5.41, 5.74) is 6.91. The van der Waals surface area contributed by atoms with Gasteiger partial charge in [0.05, 0.1) is 12.0 Å². The van der Waals surface area contributed by atoms with Gasteiger partial charge in [0.15, 0.2) is 0 Å². The second kappa shape index (κ2) is 8.04. The van der Waals surface area contributed by atoms with Crippen molar-refractivity contribution in [1.82, 2.24) is 21.1 Å². The molecule has 3 aliphatic heterocycles. The maximum absolute atomic E-state index is 13.0. The summed E-state index contributed by atoms with van der Waals surface area (Å²) in [6.45, 7) is 1.22. The molecule has 144 valence electrons. The topological polar surface area (TPSA) is 65.6 Å². The number of nitrogens with zero attached hydrogens (tertiary/aromatic N) is 1. The first kappa shape index (κ1) is 19.3. The summed E-state index contributed by atoms with van der Waals surface area (Å²) < 4.78 is 29.3. The number of carbonyl (C=O) groups excluding carboxylic acids is 1. The quantitative estimate of drug-likeness (QED) is 0.722. The maximum Gasteiger partial charge on any atom is 0.387 e. The van der Waals surface area contributed by atoms with Crippen molar-refractivity contribution in [2.24, 2.45) is 17.8 Å². The number of ether oxygens (including phenoxy) is 1. The summed E-state index contributed by atoms with van der Waals surface area (Å²) in [4.78, 5) is 15.0. The van der Waals surface area contributed by atoms with Crippen molar-refractivity contribution in [3.8, 4) is 5.75 Å². The molecule has 3 fully saturated rings. The van der Waals surface area contributed by atoms with Crippen LogP contribution in [0.4, 0.5) is 8.78 Å². The number of hydrogen-bond acceptors (Lipinski definition) is 5. The third-order valence-corrected chi connectivity index (χ3v) is 5.44. The van der Waals surface area contributed by atoms with E-state index >= 15 is 0 Å². The van der Waals surface area contributed by atoms with Gasteiger partial charge in [0.25, 0.3) is 0 Å². The fraction of sp³-hybridized carbons (Fsp3) is 0.588. The zero-order chi connectivity index (χ0) is 17.4. The molecule has 3 heterocycles. The normalized spacial score (nSPS) is 30.3. The van der Waals surface area contributed by atoms with Crippen LogP contribution >= 0.6 is 12.4 Å². The average molecular weight is 389 g/mol. The Hall–Kier alpha value is -1.48. The number of carbonyl (C=O) groups is 1. The van der Waals surface area contributed by atoms with Gasteiger partial charge in [-0.1, -0.05) is 12.1 Å². The molecule has 3 N–H and O–H groups in total. The minimum atomic E-state index is -2.86. The van der Waals surface area contributed by atoms with E-state index in [9.17, 15) is 13.6 Å². The van der Waals surface area contributed by atoms with Gasteiger partial charge in [-0.05, 0) is 29.5 Å². The van der Waals surface area contributed by atoms with Crippen molar-refractivity contribution in [2.75, 3.05) is 32.7 Å². The molecule has 4 atom stereocenters. The molecule has 0 aromatic heterocycles. The molecule has 0 radical (unpaired) electrons. The van der Waals surface area contributed by atoms with Crippen LogP contribution in [0.3, 0.4) is 0 Å². The highest BCUT2D eigenvalue weighted by molar-refractivity contribution is 5.85. The van der Waals surface area contributed by atoms with Crippen LogP contribution in [0.5, 0.6) is 5.75 Å². The molecule has 4 rings (SSSR count). The van der Waals surface area contributed by atoms with E-state index in [4.69, 9.17) is 0 Å². The fourth-order valence-corrected chi connectivity index (χ4v) is 4.20. The lowest BCUT2D eigenvalue weighted by molar-refractivity contribution is -0.134. The molecule has 1 aromatic carbocycles. The number of benzene rings is 1. The zero-order valence-electron chi connectivity index (χ0n) is 14.2. The largest absolute Gasteiger partial charge is 0.435 e. The summed E-state index contributed by atoms with van der Waals surface area (Å²) in [7, 11) is 0. The Kier molecular flexibility index (Phi) is 5.96. The van der Waals surface area contributed by atoms with Crippen LogP contribution in [-0.2, 0) is 4.79 Å².